The average Bonchev–Trinajstić information content (AvgIpc) is 3.44. The highest BCUT2D eigenvalue weighted by Gasteiger charge is 2.30. The molecule has 39 heavy (non-hydrogen) atoms. The van der Waals surface area contributed by atoms with Gasteiger partial charge in [-0.1, -0.05) is 50.0 Å². The molecule has 0 saturated heterocycles. The van der Waals surface area contributed by atoms with Crippen molar-refractivity contribution in [1.29, 1.82) is 0 Å². The molecular formula is C29H29F3N4O2Si. The van der Waals surface area contributed by atoms with Crippen molar-refractivity contribution in [3.05, 3.63) is 95.7 Å². The molecule has 0 aliphatic rings. The van der Waals surface area contributed by atoms with Gasteiger partial charge in [-0.15, -0.1) is 0 Å². The molecule has 0 unspecified atom stereocenters. The summed E-state index contributed by atoms with van der Waals surface area (Å²) in [6.45, 7) is 7.95. The van der Waals surface area contributed by atoms with Gasteiger partial charge in [0.15, 0.2) is 5.82 Å². The lowest BCUT2D eigenvalue weighted by molar-refractivity contribution is -0.137. The molecular weight excluding hydrogens is 521 g/mol. The molecule has 0 aliphatic carbocycles. The van der Waals surface area contributed by atoms with Crippen LogP contribution in [-0.2, 0) is 24.2 Å². The Balaban J connectivity index is 1.49. The molecule has 0 radical (unpaired) electrons. The third kappa shape index (κ3) is 5.81. The number of alkyl halides is 3. The van der Waals surface area contributed by atoms with Crippen molar-refractivity contribution < 1.29 is 22.7 Å². The van der Waals surface area contributed by atoms with Gasteiger partial charge < -0.3 is 9.30 Å². The number of carbonyl (C=O) groups excluding carboxylic acids is 1. The van der Waals surface area contributed by atoms with Crippen LogP contribution >= 0.6 is 0 Å². The highest BCUT2D eigenvalue weighted by atomic mass is 28.3. The lowest BCUT2D eigenvalue weighted by atomic mass is 10.1. The van der Waals surface area contributed by atoms with Crippen LogP contribution in [0, 0.1) is 0 Å². The quantitative estimate of drug-likeness (QED) is 0.113. The van der Waals surface area contributed by atoms with E-state index in [0.29, 0.717) is 29.8 Å². The van der Waals surface area contributed by atoms with Gasteiger partial charge in [-0.05, 0) is 35.9 Å². The minimum Gasteiger partial charge on any atom is -0.361 e. The molecule has 0 N–H and O–H groups in total. The number of aromatic nitrogens is 4. The fourth-order valence-electron chi connectivity index (χ4n) is 4.49. The third-order valence-corrected chi connectivity index (χ3v) is 8.34. The van der Waals surface area contributed by atoms with Gasteiger partial charge >= 0.3 is 6.18 Å². The van der Waals surface area contributed by atoms with Gasteiger partial charge in [0, 0.05) is 44.5 Å². The first-order valence-corrected chi connectivity index (χ1v) is 16.4. The van der Waals surface area contributed by atoms with E-state index >= 15 is 0 Å². The molecule has 10 heteroatoms. The summed E-state index contributed by atoms with van der Waals surface area (Å²) in [5.74, 6) is -0.00852. The highest BCUT2D eigenvalue weighted by molar-refractivity contribution is 6.76. The van der Waals surface area contributed by atoms with Crippen LogP contribution in [0.4, 0.5) is 13.2 Å². The number of hydrogen-bond donors (Lipinski definition) is 0. The zero-order valence-electron chi connectivity index (χ0n) is 22.0. The predicted octanol–water partition coefficient (Wildman–Crippen LogP) is 7.00. The summed E-state index contributed by atoms with van der Waals surface area (Å²) >= 11 is 0. The zero-order valence-corrected chi connectivity index (χ0v) is 23.0. The second kappa shape index (κ2) is 10.4. The Bertz CT molecular complexity index is 1630. The van der Waals surface area contributed by atoms with E-state index < -0.39 is 19.8 Å². The molecule has 0 aliphatic heterocycles. The normalized spacial score (nSPS) is 12.5. The molecule has 202 valence electrons. The summed E-state index contributed by atoms with van der Waals surface area (Å²) in [5.41, 5.74) is 2.62. The predicted molar refractivity (Wildman–Crippen MR) is 148 cm³/mol. The molecule has 6 nitrogen and oxygen atoms in total. The number of carbonyl (C=O) groups is 1. The minimum atomic E-state index is -4.39. The van der Waals surface area contributed by atoms with Gasteiger partial charge in [-0.2, -0.15) is 13.2 Å². The molecule has 3 aromatic heterocycles. The van der Waals surface area contributed by atoms with E-state index in [4.69, 9.17) is 4.74 Å². The Labute approximate surface area is 225 Å². The number of ketones is 1. The Morgan fingerprint density at radius 2 is 1.74 bits per heavy atom. The Kier molecular flexibility index (Phi) is 7.17. The van der Waals surface area contributed by atoms with Gasteiger partial charge in [0.05, 0.1) is 22.8 Å². The molecule has 0 bridgehead atoms. The first kappa shape index (κ1) is 26.8. The maximum absolute atomic E-state index is 14.0. The molecule has 5 rings (SSSR count). The van der Waals surface area contributed by atoms with E-state index in [1.165, 1.54) is 12.1 Å². The summed E-state index contributed by atoms with van der Waals surface area (Å²) in [7, 11) is -1.28. The van der Waals surface area contributed by atoms with Gasteiger partial charge in [0.2, 0.25) is 5.78 Å². The Hall–Kier alpha value is -3.76. The van der Waals surface area contributed by atoms with E-state index in [1.54, 1.807) is 23.2 Å². The number of nitrogens with zero attached hydrogens (tertiary/aromatic N) is 4. The lowest BCUT2D eigenvalue weighted by Crippen LogP contribution is -2.22. The van der Waals surface area contributed by atoms with Gasteiger partial charge in [0.1, 0.15) is 12.2 Å². The Morgan fingerprint density at radius 1 is 1.00 bits per heavy atom. The Morgan fingerprint density at radius 3 is 2.46 bits per heavy atom. The van der Waals surface area contributed by atoms with Gasteiger partial charge in [0.25, 0.3) is 0 Å². The molecule has 0 saturated carbocycles. The fraction of sp³-hybridized carbons (Fsp3) is 0.276. The summed E-state index contributed by atoms with van der Waals surface area (Å²) in [5, 5.41) is 0.741. The largest absolute Gasteiger partial charge is 0.416 e. The van der Waals surface area contributed by atoms with Crippen molar-refractivity contribution in [2.75, 3.05) is 6.61 Å². The highest BCUT2D eigenvalue weighted by Crippen LogP contribution is 2.30. The molecule has 3 heterocycles. The minimum absolute atomic E-state index is 0.191. The van der Waals surface area contributed by atoms with Crippen molar-refractivity contribution >= 4 is 35.8 Å². The van der Waals surface area contributed by atoms with Crippen LogP contribution in [0.2, 0.25) is 25.7 Å². The maximum atomic E-state index is 14.0. The maximum Gasteiger partial charge on any atom is 0.416 e. The molecule has 0 spiro atoms. The lowest BCUT2D eigenvalue weighted by Gasteiger charge is -2.16. The average molecular weight is 551 g/mol. The second-order valence-electron chi connectivity index (χ2n) is 10.8. The number of hydrogen-bond acceptors (Lipinski definition) is 4. The van der Waals surface area contributed by atoms with Crippen molar-refractivity contribution in [3.63, 3.8) is 0 Å². The van der Waals surface area contributed by atoms with E-state index in [0.717, 1.165) is 34.6 Å². The monoisotopic (exact) mass is 550 g/mol. The van der Waals surface area contributed by atoms with Crippen molar-refractivity contribution in [2.24, 2.45) is 0 Å². The number of pyridine rings is 1. The van der Waals surface area contributed by atoms with E-state index in [-0.39, 0.29) is 18.3 Å². The SMILES string of the molecule is C[Si](C)(C)CCOCn1c(C(=O)c2cn(Cc3ccc(C(F)(F)F)cc3)c3ccccc23)nc2cnccc21. The van der Waals surface area contributed by atoms with E-state index in [2.05, 4.69) is 29.6 Å². The van der Waals surface area contributed by atoms with Crippen molar-refractivity contribution in [3.8, 4) is 0 Å². The number of ether oxygens (including phenoxy) is 1. The van der Waals surface area contributed by atoms with Crippen LogP contribution in [-0.4, -0.2) is 39.6 Å². The number of para-hydroxylation sites is 1. The standard InChI is InChI=1S/C29H29F3N4O2Si/c1-39(2,3)15-14-38-19-36-26-12-13-33-16-24(26)34-28(36)27(37)23-18-35(25-7-5-4-6-22(23)25)17-20-8-10-21(11-9-20)29(30,31)32/h4-13,16,18H,14-15,17,19H2,1-3H3. The topological polar surface area (TPSA) is 61.9 Å². The number of fused-ring (bicyclic) bond motifs is 2. The van der Waals surface area contributed by atoms with Gasteiger partial charge in [-0.25, -0.2) is 4.98 Å². The first-order valence-electron chi connectivity index (χ1n) is 12.7. The zero-order chi connectivity index (χ0) is 27.8. The molecule has 0 amide bonds. The van der Waals surface area contributed by atoms with Crippen LogP contribution in [0.25, 0.3) is 21.9 Å². The van der Waals surface area contributed by atoms with E-state index in [1.807, 2.05) is 34.9 Å². The molecule has 5 aromatic rings. The smallest absolute Gasteiger partial charge is 0.361 e. The number of imidazole rings is 1. The number of rotatable bonds is 9. The first-order chi connectivity index (χ1) is 18.5. The van der Waals surface area contributed by atoms with E-state index in [9.17, 15) is 18.0 Å². The summed E-state index contributed by atoms with van der Waals surface area (Å²) in [6, 6.07) is 15.4. The summed E-state index contributed by atoms with van der Waals surface area (Å²) in [4.78, 5) is 22.7. The molecule has 0 fully saturated rings. The van der Waals surface area contributed by atoms with Crippen molar-refractivity contribution in [1.82, 2.24) is 19.1 Å². The number of halogens is 3. The van der Waals surface area contributed by atoms with Crippen LogP contribution in [0.1, 0.15) is 27.3 Å². The van der Waals surface area contributed by atoms with Crippen molar-refractivity contribution in [2.45, 2.75) is 45.1 Å². The second-order valence-corrected chi connectivity index (χ2v) is 16.4. The summed E-state index contributed by atoms with van der Waals surface area (Å²) in [6.07, 6.45) is 0.641. The molecule has 2 aromatic carbocycles. The van der Waals surface area contributed by atoms with Crippen LogP contribution in [0.15, 0.2) is 73.2 Å². The van der Waals surface area contributed by atoms with Crippen LogP contribution < -0.4 is 0 Å². The fourth-order valence-corrected chi connectivity index (χ4v) is 5.25. The molecule has 0 atom stereocenters. The van der Waals surface area contributed by atoms with Gasteiger partial charge in [-0.3, -0.25) is 14.3 Å². The van der Waals surface area contributed by atoms with Crippen LogP contribution in [0.5, 0.6) is 0 Å². The third-order valence-electron chi connectivity index (χ3n) is 6.64. The van der Waals surface area contributed by atoms with Crippen LogP contribution in [0.3, 0.4) is 0 Å². The number of benzene rings is 2. The summed E-state index contributed by atoms with van der Waals surface area (Å²) < 4.78 is 48.7.